The first-order valence-corrected chi connectivity index (χ1v) is 8.96. The van der Waals surface area contributed by atoms with Crippen molar-refractivity contribution in [1.29, 1.82) is 0 Å². The van der Waals surface area contributed by atoms with E-state index in [0.29, 0.717) is 22.9 Å². The van der Waals surface area contributed by atoms with Crippen LogP contribution in [-0.2, 0) is 9.59 Å². The molecule has 2 aromatic carbocycles. The van der Waals surface area contributed by atoms with E-state index < -0.39 is 6.10 Å². The molecule has 1 aliphatic rings. The largest absolute Gasteiger partial charge is 0.481 e. The number of nitrogens with zero attached hydrogens (tertiary/aromatic N) is 1. The Morgan fingerprint density at radius 1 is 1.23 bits per heavy atom. The second-order valence-corrected chi connectivity index (χ2v) is 6.76. The molecule has 26 heavy (non-hydrogen) atoms. The van der Waals surface area contributed by atoms with Gasteiger partial charge in [0.15, 0.2) is 6.10 Å². The summed E-state index contributed by atoms with van der Waals surface area (Å²) < 4.78 is 5.68. The topological polar surface area (TPSA) is 58.6 Å². The third-order valence-electron chi connectivity index (χ3n) is 4.33. The molecular weight excluding hydrogens is 352 g/mol. The number of hydrogen-bond acceptors (Lipinski definition) is 3. The molecule has 1 N–H and O–H groups in total. The Bertz CT molecular complexity index is 820. The van der Waals surface area contributed by atoms with Gasteiger partial charge in [-0.2, -0.15) is 0 Å². The van der Waals surface area contributed by atoms with E-state index in [-0.39, 0.29) is 11.8 Å². The van der Waals surface area contributed by atoms with E-state index >= 15 is 0 Å². The number of anilines is 2. The predicted octanol–water partition coefficient (Wildman–Crippen LogP) is 4.18. The summed E-state index contributed by atoms with van der Waals surface area (Å²) in [5.74, 6) is 0.488. The predicted molar refractivity (Wildman–Crippen MR) is 103 cm³/mol. The number of amides is 2. The van der Waals surface area contributed by atoms with Crippen molar-refractivity contribution in [3.8, 4) is 5.75 Å². The van der Waals surface area contributed by atoms with Gasteiger partial charge in [-0.1, -0.05) is 11.6 Å². The van der Waals surface area contributed by atoms with Crippen molar-refractivity contribution in [2.24, 2.45) is 0 Å². The fourth-order valence-corrected chi connectivity index (χ4v) is 2.96. The molecule has 0 spiro atoms. The standard InChI is InChI=1S/C20H21ClN2O3/c1-13-12-17(9-10-18(13)21)26-14(2)20(25)22-15-5-7-16(8-6-15)23-11-3-4-19(23)24/h5-10,12,14H,3-4,11H2,1-2H3,(H,22,25)/t14-/m0/s1. The van der Waals surface area contributed by atoms with Crippen LogP contribution in [-0.4, -0.2) is 24.5 Å². The summed E-state index contributed by atoms with van der Waals surface area (Å²) >= 11 is 6.00. The first-order chi connectivity index (χ1) is 12.4. The lowest BCUT2D eigenvalue weighted by molar-refractivity contribution is -0.122. The lowest BCUT2D eigenvalue weighted by Crippen LogP contribution is -2.30. The van der Waals surface area contributed by atoms with Gasteiger partial charge in [0.2, 0.25) is 5.91 Å². The highest BCUT2D eigenvalue weighted by Gasteiger charge is 2.21. The van der Waals surface area contributed by atoms with Gasteiger partial charge in [0.1, 0.15) is 5.75 Å². The molecule has 6 heteroatoms. The molecule has 0 bridgehead atoms. The molecule has 1 fully saturated rings. The Balaban J connectivity index is 1.60. The molecular formula is C20H21ClN2O3. The van der Waals surface area contributed by atoms with Crippen LogP contribution in [0.25, 0.3) is 0 Å². The average molecular weight is 373 g/mol. The highest BCUT2D eigenvalue weighted by molar-refractivity contribution is 6.31. The number of halogens is 1. The molecule has 1 atom stereocenters. The van der Waals surface area contributed by atoms with Gasteiger partial charge in [-0.25, -0.2) is 0 Å². The third-order valence-corrected chi connectivity index (χ3v) is 4.76. The van der Waals surface area contributed by atoms with Crippen molar-refractivity contribution < 1.29 is 14.3 Å². The van der Waals surface area contributed by atoms with E-state index in [0.717, 1.165) is 24.2 Å². The van der Waals surface area contributed by atoms with Gasteiger partial charge in [-0.05, 0) is 68.3 Å². The molecule has 0 aliphatic carbocycles. The maximum Gasteiger partial charge on any atom is 0.265 e. The van der Waals surface area contributed by atoms with Gasteiger partial charge >= 0.3 is 0 Å². The summed E-state index contributed by atoms with van der Waals surface area (Å²) in [6.07, 6.45) is 0.823. The molecule has 2 amide bonds. The molecule has 1 saturated heterocycles. The molecule has 0 unspecified atom stereocenters. The van der Waals surface area contributed by atoms with E-state index in [2.05, 4.69) is 5.32 Å². The van der Waals surface area contributed by atoms with Crippen molar-refractivity contribution in [1.82, 2.24) is 0 Å². The number of benzene rings is 2. The van der Waals surface area contributed by atoms with E-state index in [9.17, 15) is 9.59 Å². The Morgan fingerprint density at radius 2 is 1.96 bits per heavy atom. The van der Waals surface area contributed by atoms with Crippen LogP contribution in [0.1, 0.15) is 25.3 Å². The maximum atomic E-state index is 12.3. The normalized spacial score (nSPS) is 15.0. The second-order valence-electron chi connectivity index (χ2n) is 6.36. The van der Waals surface area contributed by atoms with Crippen LogP contribution in [0.5, 0.6) is 5.75 Å². The Kier molecular flexibility index (Phi) is 5.47. The summed E-state index contributed by atoms with van der Waals surface area (Å²) in [5.41, 5.74) is 2.41. The highest BCUT2D eigenvalue weighted by Crippen LogP contribution is 2.24. The first-order valence-electron chi connectivity index (χ1n) is 8.58. The Labute approximate surface area is 157 Å². The van der Waals surface area contributed by atoms with Crippen LogP contribution >= 0.6 is 11.6 Å². The van der Waals surface area contributed by atoms with Crippen molar-refractivity contribution in [2.75, 3.05) is 16.8 Å². The maximum absolute atomic E-state index is 12.3. The number of hydrogen-bond donors (Lipinski definition) is 1. The number of ether oxygens (including phenoxy) is 1. The first kappa shape index (κ1) is 18.3. The number of carbonyl (C=O) groups excluding carboxylic acids is 2. The zero-order valence-corrected chi connectivity index (χ0v) is 15.5. The fourth-order valence-electron chi connectivity index (χ4n) is 2.84. The lowest BCUT2D eigenvalue weighted by Gasteiger charge is -2.17. The summed E-state index contributed by atoms with van der Waals surface area (Å²) in [5, 5.41) is 3.48. The third kappa shape index (κ3) is 4.17. The molecule has 3 rings (SSSR count). The molecule has 0 aromatic heterocycles. The summed E-state index contributed by atoms with van der Waals surface area (Å²) in [7, 11) is 0. The second kappa shape index (κ2) is 7.79. The number of nitrogens with one attached hydrogen (secondary N) is 1. The Morgan fingerprint density at radius 3 is 2.58 bits per heavy atom. The number of aryl methyl sites for hydroxylation is 1. The lowest BCUT2D eigenvalue weighted by atomic mass is 10.2. The Hall–Kier alpha value is -2.53. The van der Waals surface area contributed by atoms with Gasteiger partial charge in [0, 0.05) is 29.4 Å². The van der Waals surface area contributed by atoms with Crippen molar-refractivity contribution in [2.45, 2.75) is 32.8 Å². The zero-order valence-electron chi connectivity index (χ0n) is 14.8. The van der Waals surface area contributed by atoms with Gasteiger partial charge in [0.05, 0.1) is 0 Å². The van der Waals surface area contributed by atoms with Crippen LogP contribution in [0.15, 0.2) is 42.5 Å². The molecule has 0 radical (unpaired) electrons. The summed E-state index contributed by atoms with van der Waals surface area (Å²) in [6, 6.07) is 12.5. The minimum Gasteiger partial charge on any atom is -0.481 e. The van der Waals surface area contributed by atoms with Gasteiger partial charge in [-0.15, -0.1) is 0 Å². The molecule has 2 aromatic rings. The van der Waals surface area contributed by atoms with Gasteiger partial charge in [0.25, 0.3) is 5.91 Å². The van der Waals surface area contributed by atoms with Crippen LogP contribution < -0.4 is 15.0 Å². The van der Waals surface area contributed by atoms with Crippen LogP contribution in [0.3, 0.4) is 0 Å². The van der Waals surface area contributed by atoms with E-state index in [4.69, 9.17) is 16.3 Å². The highest BCUT2D eigenvalue weighted by atomic mass is 35.5. The zero-order chi connectivity index (χ0) is 18.7. The molecule has 136 valence electrons. The van der Waals surface area contributed by atoms with Crippen molar-refractivity contribution in [3.63, 3.8) is 0 Å². The van der Waals surface area contributed by atoms with Crippen LogP contribution in [0.4, 0.5) is 11.4 Å². The monoisotopic (exact) mass is 372 g/mol. The quantitative estimate of drug-likeness (QED) is 0.856. The average Bonchev–Trinajstić information content (AvgIpc) is 3.05. The van der Waals surface area contributed by atoms with Gasteiger partial charge < -0.3 is 15.0 Å². The molecule has 5 nitrogen and oxygen atoms in total. The molecule has 1 aliphatic heterocycles. The van der Waals surface area contributed by atoms with E-state index in [1.54, 1.807) is 42.2 Å². The SMILES string of the molecule is Cc1cc(O[C@@H](C)C(=O)Nc2ccc(N3CCCC3=O)cc2)ccc1Cl. The summed E-state index contributed by atoms with van der Waals surface area (Å²) in [4.78, 5) is 25.9. The van der Waals surface area contributed by atoms with Crippen LogP contribution in [0, 0.1) is 6.92 Å². The smallest absolute Gasteiger partial charge is 0.265 e. The number of carbonyl (C=O) groups is 2. The molecule has 0 saturated carbocycles. The van der Waals surface area contributed by atoms with Crippen molar-refractivity contribution >= 4 is 34.8 Å². The van der Waals surface area contributed by atoms with Crippen LogP contribution in [0.2, 0.25) is 5.02 Å². The van der Waals surface area contributed by atoms with Gasteiger partial charge in [-0.3, -0.25) is 9.59 Å². The van der Waals surface area contributed by atoms with E-state index in [1.807, 2.05) is 19.1 Å². The summed E-state index contributed by atoms with van der Waals surface area (Å²) in [6.45, 7) is 4.32. The number of rotatable bonds is 5. The molecule has 1 heterocycles. The van der Waals surface area contributed by atoms with Crippen molar-refractivity contribution in [3.05, 3.63) is 53.1 Å². The minimum atomic E-state index is -0.657. The minimum absolute atomic E-state index is 0.141. The van der Waals surface area contributed by atoms with E-state index in [1.165, 1.54) is 0 Å². The fraction of sp³-hybridized carbons (Fsp3) is 0.300.